The molecule has 3 aromatic rings. The second-order valence-corrected chi connectivity index (χ2v) is 8.43. The van der Waals surface area contributed by atoms with Gasteiger partial charge in [-0.05, 0) is 12.3 Å². The lowest BCUT2D eigenvalue weighted by atomic mass is 9.99. The van der Waals surface area contributed by atoms with E-state index in [9.17, 15) is 4.79 Å². The van der Waals surface area contributed by atoms with Gasteiger partial charge in [-0.25, -0.2) is 4.98 Å². The van der Waals surface area contributed by atoms with Gasteiger partial charge in [-0.3, -0.25) is 4.79 Å². The lowest BCUT2D eigenvalue weighted by Gasteiger charge is -2.08. The molecule has 0 saturated carbocycles. The normalized spacial score (nSPS) is 12.1. The molecular formula is C25H29NO2S. The number of Topliss-reactive ketones (excluding diaryl/α,β-unsaturated/α-hetero) is 1. The minimum Gasteiger partial charge on any atom is -0.431 e. The molecule has 0 N–H and O–H groups in total. The Bertz CT molecular complexity index is 833. The highest BCUT2D eigenvalue weighted by Crippen LogP contribution is 2.35. The third-order valence-electron chi connectivity index (χ3n) is 4.98. The molecule has 0 aliphatic carbocycles. The Morgan fingerprint density at radius 3 is 2.31 bits per heavy atom. The average Bonchev–Trinajstić information content (AvgIpc) is 3.18. The van der Waals surface area contributed by atoms with Crippen LogP contribution in [0.25, 0.3) is 22.6 Å². The molecule has 0 spiro atoms. The first-order valence-corrected chi connectivity index (χ1v) is 11.4. The van der Waals surface area contributed by atoms with Crippen molar-refractivity contribution in [1.82, 2.24) is 4.98 Å². The quantitative estimate of drug-likeness (QED) is 0.313. The monoisotopic (exact) mass is 407 g/mol. The number of aromatic nitrogens is 1. The third-order valence-corrected chi connectivity index (χ3v) is 5.87. The lowest BCUT2D eigenvalue weighted by molar-refractivity contribution is -0.116. The molecule has 3 nitrogen and oxygen atoms in total. The fraction of sp³-hybridized carbons (Fsp3) is 0.360. The summed E-state index contributed by atoms with van der Waals surface area (Å²) in [4.78, 5) is 17.0. The van der Waals surface area contributed by atoms with E-state index in [0.717, 1.165) is 35.4 Å². The molecule has 0 aliphatic heterocycles. The largest absolute Gasteiger partial charge is 0.431 e. The van der Waals surface area contributed by atoms with Gasteiger partial charge in [0.1, 0.15) is 11.5 Å². The molecule has 3 rings (SSSR count). The molecule has 1 atom stereocenters. The molecule has 1 unspecified atom stereocenters. The average molecular weight is 408 g/mol. The summed E-state index contributed by atoms with van der Waals surface area (Å²) in [5.74, 6) is 2.12. The summed E-state index contributed by atoms with van der Waals surface area (Å²) in [5.41, 5.74) is 2.82. The maximum Gasteiger partial charge on any atom is 0.257 e. The summed E-state index contributed by atoms with van der Waals surface area (Å²) < 4.78 is 6.08. The predicted molar refractivity (Wildman–Crippen MR) is 121 cm³/mol. The van der Waals surface area contributed by atoms with Crippen LogP contribution in [0.5, 0.6) is 0 Å². The highest BCUT2D eigenvalue weighted by molar-refractivity contribution is 7.99. The zero-order valence-corrected chi connectivity index (χ0v) is 18.1. The van der Waals surface area contributed by atoms with Crippen molar-refractivity contribution < 1.29 is 9.21 Å². The van der Waals surface area contributed by atoms with Gasteiger partial charge in [0.05, 0.1) is 5.75 Å². The van der Waals surface area contributed by atoms with E-state index < -0.39 is 0 Å². The maximum atomic E-state index is 12.3. The Labute approximate surface area is 177 Å². The lowest BCUT2D eigenvalue weighted by Crippen LogP contribution is -2.03. The fourth-order valence-electron chi connectivity index (χ4n) is 3.44. The predicted octanol–water partition coefficient (Wildman–Crippen LogP) is 7.28. The van der Waals surface area contributed by atoms with E-state index >= 15 is 0 Å². The molecule has 0 aliphatic rings. The van der Waals surface area contributed by atoms with Gasteiger partial charge in [0.25, 0.3) is 5.22 Å². The summed E-state index contributed by atoms with van der Waals surface area (Å²) in [6.45, 7) is 4.48. The zero-order chi connectivity index (χ0) is 20.5. The summed E-state index contributed by atoms with van der Waals surface area (Å²) >= 11 is 1.39. The standard InChI is InChI=1S/C25H29NO2S/c1-3-11-19(2)12-10-17-22(27)18-29-25-26-23(20-13-6-4-7-14-20)24(28-25)21-15-8-5-9-16-21/h4-9,13-16,19H,3,10-12,17-18H2,1-2H3. The number of hydrogen-bond acceptors (Lipinski definition) is 4. The first kappa shape index (κ1) is 21.4. The van der Waals surface area contributed by atoms with Crippen LogP contribution in [0.2, 0.25) is 0 Å². The van der Waals surface area contributed by atoms with Crippen LogP contribution in [0.1, 0.15) is 46.0 Å². The van der Waals surface area contributed by atoms with Crippen LogP contribution >= 0.6 is 11.8 Å². The number of benzene rings is 2. The fourth-order valence-corrected chi connectivity index (χ4v) is 4.17. The number of oxazole rings is 1. The molecule has 0 amide bonds. The molecule has 0 radical (unpaired) electrons. The first-order valence-electron chi connectivity index (χ1n) is 10.4. The molecule has 0 fully saturated rings. The highest BCUT2D eigenvalue weighted by atomic mass is 32.2. The van der Waals surface area contributed by atoms with Crippen LogP contribution in [0.3, 0.4) is 0 Å². The first-order chi connectivity index (χ1) is 14.2. The van der Waals surface area contributed by atoms with Crippen LogP contribution in [-0.2, 0) is 4.79 Å². The third kappa shape index (κ3) is 6.33. The summed E-state index contributed by atoms with van der Waals surface area (Å²) in [5, 5.41) is 0.551. The number of nitrogens with zero attached hydrogens (tertiary/aromatic N) is 1. The van der Waals surface area contributed by atoms with Crippen LogP contribution in [0.4, 0.5) is 0 Å². The second-order valence-electron chi connectivity index (χ2n) is 7.50. The van der Waals surface area contributed by atoms with Crippen molar-refractivity contribution in [3.05, 3.63) is 60.7 Å². The van der Waals surface area contributed by atoms with Gasteiger partial charge in [-0.15, -0.1) is 0 Å². The number of rotatable bonds is 11. The minimum atomic E-state index is 0.263. The van der Waals surface area contributed by atoms with E-state index in [0.29, 0.717) is 23.3 Å². The number of ketones is 1. The maximum absolute atomic E-state index is 12.3. The van der Waals surface area contributed by atoms with Gasteiger partial charge >= 0.3 is 0 Å². The van der Waals surface area contributed by atoms with E-state index in [-0.39, 0.29) is 5.78 Å². The van der Waals surface area contributed by atoms with E-state index in [2.05, 4.69) is 13.8 Å². The molecule has 0 saturated heterocycles. The SMILES string of the molecule is CCCC(C)CCCC(=O)CSc1nc(-c2ccccc2)c(-c2ccccc2)o1. The second kappa shape index (κ2) is 11.0. The van der Waals surface area contributed by atoms with Crippen molar-refractivity contribution in [2.45, 2.75) is 51.2 Å². The Balaban J connectivity index is 1.66. The Morgan fingerprint density at radius 2 is 1.66 bits per heavy atom. The van der Waals surface area contributed by atoms with E-state index in [1.165, 1.54) is 24.6 Å². The zero-order valence-electron chi connectivity index (χ0n) is 17.3. The van der Waals surface area contributed by atoms with E-state index in [1.807, 2.05) is 60.7 Å². The minimum absolute atomic E-state index is 0.263. The van der Waals surface area contributed by atoms with E-state index in [4.69, 9.17) is 9.40 Å². The van der Waals surface area contributed by atoms with Crippen molar-refractivity contribution in [3.63, 3.8) is 0 Å². The van der Waals surface area contributed by atoms with Crippen molar-refractivity contribution in [2.24, 2.45) is 5.92 Å². The Morgan fingerprint density at radius 1 is 1.00 bits per heavy atom. The molecule has 2 aromatic carbocycles. The number of carbonyl (C=O) groups excluding carboxylic acids is 1. The summed E-state index contributed by atoms with van der Waals surface area (Å²) in [6, 6.07) is 20.0. The topological polar surface area (TPSA) is 43.1 Å². The summed E-state index contributed by atoms with van der Waals surface area (Å²) in [7, 11) is 0. The number of carbonyl (C=O) groups is 1. The molecule has 1 aromatic heterocycles. The summed E-state index contributed by atoms with van der Waals surface area (Å²) in [6.07, 6.45) is 5.18. The molecule has 1 heterocycles. The molecule has 29 heavy (non-hydrogen) atoms. The molecular weight excluding hydrogens is 378 g/mol. The Kier molecular flexibility index (Phi) is 8.12. The van der Waals surface area contributed by atoms with Crippen molar-refractivity contribution in [1.29, 1.82) is 0 Å². The van der Waals surface area contributed by atoms with Gasteiger partial charge in [-0.1, -0.05) is 106 Å². The highest BCUT2D eigenvalue weighted by Gasteiger charge is 2.18. The van der Waals surface area contributed by atoms with Crippen molar-refractivity contribution in [2.75, 3.05) is 5.75 Å². The molecule has 4 heteroatoms. The van der Waals surface area contributed by atoms with Crippen molar-refractivity contribution in [3.8, 4) is 22.6 Å². The van der Waals surface area contributed by atoms with Gasteiger partial charge < -0.3 is 4.42 Å². The van der Waals surface area contributed by atoms with Crippen molar-refractivity contribution >= 4 is 17.5 Å². The Hall–Kier alpha value is -2.33. The number of hydrogen-bond donors (Lipinski definition) is 0. The van der Waals surface area contributed by atoms with Gasteiger partial charge in [0.2, 0.25) is 0 Å². The van der Waals surface area contributed by atoms with Crippen LogP contribution in [0.15, 0.2) is 70.3 Å². The van der Waals surface area contributed by atoms with Crippen LogP contribution in [-0.4, -0.2) is 16.5 Å². The van der Waals surface area contributed by atoms with Crippen LogP contribution in [0, 0.1) is 5.92 Å². The van der Waals surface area contributed by atoms with Gasteiger partial charge in [-0.2, -0.15) is 0 Å². The molecule has 0 bridgehead atoms. The van der Waals surface area contributed by atoms with Gasteiger partial charge in [0, 0.05) is 17.5 Å². The number of thioether (sulfide) groups is 1. The van der Waals surface area contributed by atoms with E-state index in [1.54, 1.807) is 0 Å². The molecule has 152 valence electrons. The van der Waals surface area contributed by atoms with Gasteiger partial charge in [0.15, 0.2) is 5.76 Å². The van der Waals surface area contributed by atoms with Crippen LogP contribution < -0.4 is 0 Å². The smallest absolute Gasteiger partial charge is 0.257 e.